The van der Waals surface area contributed by atoms with E-state index in [2.05, 4.69) is 55.3 Å². The number of piperidine rings is 1. The van der Waals surface area contributed by atoms with Crippen molar-refractivity contribution in [1.29, 1.82) is 0 Å². The second kappa shape index (κ2) is 4.18. The van der Waals surface area contributed by atoms with Crippen LogP contribution in [0.4, 0.5) is 0 Å². The van der Waals surface area contributed by atoms with Crippen LogP contribution in [0.3, 0.4) is 0 Å². The Labute approximate surface area is 103 Å². The molecule has 0 saturated carbocycles. The van der Waals surface area contributed by atoms with Crippen LogP contribution in [-0.4, -0.2) is 22.9 Å². The third-order valence-corrected chi connectivity index (χ3v) is 3.77. The van der Waals surface area contributed by atoms with E-state index in [1.54, 1.807) is 0 Å². The third kappa shape index (κ3) is 1.66. The zero-order valence-corrected chi connectivity index (χ0v) is 10.6. The Morgan fingerprint density at radius 1 is 1.38 bits per heavy atom. The molecule has 0 spiro atoms. The number of halogens is 1. The van der Waals surface area contributed by atoms with Crippen LogP contribution in [-0.2, 0) is 0 Å². The summed E-state index contributed by atoms with van der Waals surface area (Å²) in [4.78, 5) is 0. The Hall–Kier alpha value is -0.870. The van der Waals surface area contributed by atoms with Crippen LogP contribution in [0.25, 0.3) is 10.9 Å². The highest BCUT2D eigenvalue weighted by Gasteiger charge is 2.18. The fourth-order valence-corrected chi connectivity index (χ4v) is 2.88. The first-order valence-electron chi connectivity index (χ1n) is 5.70. The predicted molar refractivity (Wildman–Crippen MR) is 68.6 cm³/mol. The molecule has 3 rings (SSSR count). The quantitative estimate of drug-likeness (QED) is 0.870. The largest absolute Gasteiger partial charge is 0.315 e. The number of hydrogen-bond acceptors (Lipinski definition) is 2. The van der Waals surface area contributed by atoms with Crippen LogP contribution >= 0.6 is 15.9 Å². The summed E-state index contributed by atoms with van der Waals surface area (Å²) in [7, 11) is 0. The molecule has 84 valence electrons. The topological polar surface area (TPSA) is 29.9 Å². The van der Waals surface area contributed by atoms with Gasteiger partial charge in [-0.05, 0) is 41.4 Å². The summed E-state index contributed by atoms with van der Waals surface area (Å²) in [6, 6.07) is 8.87. The molecule has 1 aromatic heterocycles. The Kier molecular flexibility index (Phi) is 2.69. The van der Waals surface area contributed by atoms with Gasteiger partial charge in [-0.3, -0.25) is 4.68 Å². The third-order valence-electron chi connectivity index (χ3n) is 3.19. The van der Waals surface area contributed by atoms with Crippen molar-refractivity contribution in [2.45, 2.75) is 18.9 Å². The maximum atomic E-state index is 4.61. The van der Waals surface area contributed by atoms with Gasteiger partial charge in [0.15, 0.2) is 0 Å². The number of nitrogens with zero attached hydrogens (tertiary/aromatic N) is 2. The Morgan fingerprint density at radius 3 is 3.06 bits per heavy atom. The zero-order valence-electron chi connectivity index (χ0n) is 8.99. The second-order valence-electron chi connectivity index (χ2n) is 4.25. The van der Waals surface area contributed by atoms with E-state index in [0.717, 1.165) is 17.7 Å². The summed E-state index contributed by atoms with van der Waals surface area (Å²) < 4.78 is 3.11. The summed E-state index contributed by atoms with van der Waals surface area (Å²) in [6.45, 7) is 2.16. The predicted octanol–water partition coefficient (Wildman–Crippen LogP) is 2.72. The maximum absolute atomic E-state index is 4.61. The molecule has 1 atom stereocenters. The minimum absolute atomic E-state index is 0.491. The van der Waals surface area contributed by atoms with Crippen LogP contribution in [0.2, 0.25) is 0 Å². The van der Waals surface area contributed by atoms with Crippen LogP contribution in [0.1, 0.15) is 18.9 Å². The van der Waals surface area contributed by atoms with E-state index in [9.17, 15) is 0 Å². The van der Waals surface area contributed by atoms with Crippen molar-refractivity contribution < 1.29 is 0 Å². The van der Waals surface area contributed by atoms with Gasteiger partial charge in [-0.2, -0.15) is 5.10 Å². The van der Waals surface area contributed by atoms with Crippen molar-refractivity contribution in [2.24, 2.45) is 0 Å². The van der Waals surface area contributed by atoms with Crippen LogP contribution in [0.5, 0.6) is 0 Å². The number of nitrogens with one attached hydrogen (secondary N) is 1. The van der Waals surface area contributed by atoms with E-state index in [0.29, 0.717) is 6.04 Å². The van der Waals surface area contributed by atoms with E-state index in [1.165, 1.54) is 23.7 Å². The van der Waals surface area contributed by atoms with Gasteiger partial charge < -0.3 is 5.32 Å². The molecule has 1 fully saturated rings. The molecule has 0 amide bonds. The number of para-hydroxylation sites is 1. The monoisotopic (exact) mass is 279 g/mol. The molecule has 1 aliphatic rings. The zero-order chi connectivity index (χ0) is 11.0. The standard InChI is InChI=1S/C12H14BrN3/c13-12-10-5-1-2-6-11(10)16(15-12)9-4-3-7-14-8-9/h1-2,5-6,9,14H,3-4,7-8H2. The molecule has 1 N–H and O–H groups in total. The van der Waals surface area contributed by atoms with E-state index in [1.807, 2.05) is 0 Å². The van der Waals surface area contributed by atoms with Gasteiger partial charge in [0.2, 0.25) is 0 Å². The van der Waals surface area contributed by atoms with Gasteiger partial charge in [-0.15, -0.1) is 0 Å². The molecule has 0 bridgehead atoms. The number of hydrogen-bond donors (Lipinski definition) is 1. The molecule has 0 aliphatic carbocycles. The highest BCUT2D eigenvalue weighted by Crippen LogP contribution is 2.27. The Bertz CT molecular complexity index is 500. The van der Waals surface area contributed by atoms with Crippen LogP contribution in [0, 0.1) is 0 Å². The van der Waals surface area contributed by atoms with E-state index in [4.69, 9.17) is 0 Å². The highest BCUT2D eigenvalue weighted by molar-refractivity contribution is 9.10. The van der Waals surface area contributed by atoms with Gasteiger partial charge in [0.05, 0.1) is 11.6 Å². The molecule has 4 heteroatoms. The number of fused-ring (bicyclic) bond motifs is 1. The first-order valence-corrected chi connectivity index (χ1v) is 6.49. The van der Waals surface area contributed by atoms with Gasteiger partial charge in [0.1, 0.15) is 4.60 Å². The molecule has 0 radical (unpaired) electrons. The molecular weight excluding hydrogens is 266 g/mol. The van der Waals surface area contributed by atoms with Crippen LogP contribution < -0.4 is 5.32 Å². The summed E-state index contributed by atoms with van der Waals surface area (Å²) in [5.41, 5.74) is 1.23. The molecule has 2 heterocycles. The number of rotatable bonds is 1. The average Bonchev–Trinajstić information content (AvgIpc) is 2.69. The molecule has 1 unspecified atom stereocenters. The number of aromatic nitrogens is 2. The smallest absolute Gasteiger partial charge is 0.136 e. The van der Waals surface area contributed by atoms with E-state index < -0.39 is 0 Å². The second-order valence-corrected chi connectivity index (χ2v) is 5.00. The average molecular weight is 280 g/mol. The van der Waals surface area contributed by atoms with Gasteiger partial charge in [0, 0.05) is 11.9 Å². The lowest BCUT2D eigenvalue weighted by Crippen LogP contribution is -2.32. The summed E-state index contributed by atoms with van der Waals surface area (Å²) >= 11 is 3.53. The van der Waals surface area contributed by atoms with Crippen molar-refractivity contribution in [3.05, 3.63) is 28.9 Å². The van der Waals surface area contributed by atoms with Crippen LogP contribution in [0.15, 0.2) is 28.9 Å². The fraction of sp³-hybridized carbons (Fsp3) is 0.417. The molecular formula is C12H14BrN3. The van der Waals surface area contributed by atoms with Gasteiger partial charge in [0.25, 0.3) is 0 Å². The van der Waals surface area contributed by atoms with Gasteiger partial charge in [-0.1, -0.05) is 18.2 Å². The minimum Gasteiger partial charge on any atom is -0.315 e. The van der Waals surface area contributed by atoms with Crippen molar-refractivity contribution in [3.63, 3.8) is 0 Å². The van der Waals surface area contributed by atoms with Crippen molar-refractivity contribution in [2.75, 3.05) is 13.1 Å². The summed E-state index contributed by atoms with van der Waals surface area (Å²) in [6.07, 6.45) is 2.45. The molecule has 2 aromatic rings. The Balaban J connectivity index is 2.08. The molecule has 3 nitrogen and oxygen atoms in total. The SMILES string of the molecule is Brc1nn(C2CCCNC2)c2ccccc12. The molecule has 1 aliphatic heterocycles. The van der Waals surface area contributed by atoms with E-state index >= 15 is 0 Å². The maximum Gasteiger partial charge on any atom is 0.136 e. The lowest BCUT2D eigenvalue weighted by atomic mass is 10.1. The first-order chi connectivity index (χ1) is 7.86. The minimum atomic E-state index is 0.491. The lowest BCUT2D eigenvalue weighted by molar-refractivity contribution is 0.354. The fourth-order valence-electron chi connectivity index (χ4n) is 2.37. The molecule has 1 aromatic carbocycles. The van der Waals surface area contributed by atoms with Gasteiger partial charge in [-0.25, -0.2) is 0 Å². The summed E-state index contributed by atoms with van der Waals surface area (Å²) in [5, 5.41) is 9.24. The van der Waals surface area contributed by atoms with Gasteiger partial charge >= 0.3 is 0 Å². The highest BCUT2D eigenvalue weighted by atomic mass is 79.9. The van der Waals surface area contributed by atoms with Crippen molar-refractivity contribution in [3.8, 4) is 0 Å². The number of benzene rings is 1. The lowest BCUT2D eigenvalue weighted by Gasteiger charge is -2.23. The van der Waals surface area contributed by atoms with Crippen molar-refractivity contribution >= 4 is 26.8 Å². The van der Waals surface area contributed by atoms with E-state index in [-0.39, 0.29) is 0 Å². The summed E-state index contributed by atoms with van der Waals surface area (Å²) in [5.74, 6) is 0. The molecule has 1 saturated heterocycles. The van der Waals surface area contributed by atoms with Crippen molar-refractivity contribution in [1.82, 2.24) is 15.1 Å². The molecule has 16 heavy (non-hydrogen) atoms. The normalized spacial score (nSPS) is 21.4. The first kappa shape index (κ1) is 10.3. The Morgan fingerprint density at radius 2 is 2.25 bits per heavy atom.